The third-order valence-corrected chi connectivity index (χ3v) is 4.66. The summed E-state index contributed by atoms with van der Waals surface area (Å²) in [5.41, 5.74) is 15.0. The van der Waals surface area contributed by atoms with Gasteiger partial charge in [-0.25, -0.2) is 15.0 Å². The second-order valence-corrected chi connectivity index (χ2v) is 6.61. The summed E-state index contributed by atoms with van der Waals surface area (Å²) in [4.78, 5) is 17.0. The van der Waals surface area contributed by atoms with Crippen LogP contribution in [0.5, 0.6) is 5.75 Å². The highest BCUT2D eigenvalue weighted by Gasteiger charge is 2.09. The molecule has 4 aromatic heterocycles. The molecule has 0 unspecified atom stereocenters. The summed E-state index contributed by atoms with van der Waals surface area (Å²) >= 11 is 0. The monoisotopic (exact) mass is 383 g/mol. The molecule has 0 bridgehead atoms. The van der Waals surface area contributed by atoms with Crippen LogP contribution in [0.4, 0.5) is 11.6 Å². The highest BCUT2D eigenvalue weighted by Crippen LogP contribution is 2.23. The number of pyridine rings is 2. The fourth-order valence-corrected chi connectivity index (χ4v) is 3.23. The molecular weight excluding hydrogens is 366 g/mol. The Bertz CT molecular complexity index is 1350. The largest absolute Gasteiger partial charge is 0.489 e. The Labute approximate surface area is 165 Å². The minimum atomic E-state index is 0.366. The number of nitrogen functional groups attached to an aromatic ring is 2. The van der Waals surface area contributed by atoms with Crippen LogP contribution < -0.4 is 16.2 Å². The average Bonchev–Trinajstić information content (AvgIpc) is 3.18. The van der Waals surface area contributed by atoms with Gasteiger partial charge < -0.3 is 16.2 Å². The van der Waals surface area contributed by atoms with Gasteiger partial charge in [0.2, 0.25) is 0 Å². The van der Waals surface area contributed by atoms with Gasteiger partial charge >= 0.3 is 0 Å². The normalized spacial score (nSPS) is 11.2. The number of aromatic nitrogens is 5. The molecule has 4 heterocycles. The minimum absolute atomic E-state index is 0.366. The third-order valence-electron chi connectivity index (χ3n) is 4.66. The fraction of sp³-hybridized carbons (Fsp3) is 0.0476. The van der Waals surface area contributed by atoms with Crippen molar-refractivity contribution >= 4 is 33.6 Å². The summed E-state index contributed by atoms with van der Waals surface area (Å²) in [5.74, 6) is 1.65. The van der Waals surface area contributed by atoms with Crippen LogP contribution >= 0.6 is 0 Å². The van der Waals surface area contributed by atoms with E-state index in [-0.39, 0.29) is 0 Å². The van der Waals surface area contributed by atoms with Gasteiger partial charge in [-0.15, -0.1) is 0 Å². The maximum absolute atomic E-state index is 5.94. The van der Waals surface area contributed by atoms with E-state index in [1.54, 1.807) is 18.5 Å². The molecule has 0 spiro atoms. The molecule has 29 heavy (non-hydrogen) atoms. The van der Waals surface area contributed by atoms with Gasteiger partial charge in [0, 0.05) is 29.4 Å². The molecule has 0 aliphatic rings. The lowest BCUT2D eigenvalue weighted by Gasteiger charge is -2.09. The second kappa shape index (κ2) is 6.75. The number of nitrogens with zero attached hydrogens (tertiary/aromatic N) is 5. The van der Waals surface area contributed by atoms with E-state index in [4.69, 9.17) is 16.2 Å². The molecule has 142 valence electrons. The van der Waals surface area contributed by atoms with Crippen molar-refractivity contribution in [3.63, 3.8) is 0 Å². The Morgan fingerprint density at radius 3 is 2.79 bits per heavy atom. The molecule has 0 saturated carbocycles. The first-order valence-corrected chi connectivity index (χ1v) is 8.98. The van der Waals surface area contributed by atoms with Gasteiger partial charge in [-0.2, -0.15) is 0 Å². The molecule has 0 amide bonds. The number of benzene rings is 1. The van der Waals surface area contributed by atoms with Gasteiger partial charge in [0.1, 0.15) is 36.0 Å². The predicted molar refractivity (Wildman–Crippen MR) is 112 cm³/mol. The van der Waals surface area contributed by atoms with Gasteiger partial charge in [0.05, 0.1) is 22.8 Å². The molecule has 0 radical (unpaired) electrons. The standard InChI is InChI=1S/C21H17N7O/c22-19-4-2-14-1-3-16(8-18(14)27-19)29-11-13-7-15(10-24-9-13)28-6-5-17-20(23)25-12-26-21(17)28/h1-10,12H,11H2,(H2,22,27)(H2,23,25,26). The van der Waals surface area contributed by atoms with E-state index in [9.17, 15) is 0 Å². The quantitative estimate of drug-likeness (QED) is 0.489. The first-order valence-electron chi connectivity index (χ1n) is 8.98. The fourth-order valence-electron chi connectivity index (χ4n) is 3.23. The van der Waals surface area contributed by atoms with Gasteiger partial charge in [-0.3, -0.25) is 9.55 Å². The Morgan fingerprint density at radius 2 is 1.86 bits per heavy atom. The minimum Gasteiger partial charge on any atom is -0.489 e. The van der Waals surface area contributed by atoms with Crippen molar-refractivity contribution in [1.82, 2.24) is 24.5 Å². The van der Waals surface area contributed by atoms with Gasteiger partial charge in [0.15, 0.2) is 0 Å². The highest BCUT2D eigenvalue weighted by atomic mass is 16.5. The number of ether oxygens (including phenoxy) is 1. The predicted octanol–water partition coefficient (Wildman–Crippen LogP) is 3.11. The smallest absolute Gasteiger partial charge is 0.150 e. The van der Waals surface area contributed by atoms with Crippen molar-refractivity contribution in [2.75, 3.05) is 11.5 Å². The zero-order chi connectivity index (χ0) is 19.8. The van der Waals surface area contributed by atoms with Gasteiger partial charge in [0.25, 0.3) is 0 Å². The number of fused-ring (bicyclic) bond motifs is 2. The first-order chi connectivity index (χ1) is 14.2. The molecular formula is C21H17N7O. The average molecular weight is 383 g/mol. The van der Waals surface area contributed by atoms with E-state index >= 15 is 0 Å². The van der Waals surface area contributed by atoms with Crippen LogP contribution in [0.2, 0.25) is 0 Å². The summed E-state index contributed by atoms with van der Waals surface area (Å²) in [6.07, 6.45) is 6.89. The zero-order valence-corrected chi connectivity index (χ0v) is 15.4. The SMILES string of the molecule is Nc1ccc2ccc(OCc3cncc(-n4ccc5c(N)ncnc54)c3)cc2n1. The summed E-state index contributed by atoms with van der Waals surface area (Å²) in [6, 6.07) is 13.4. The number of hydrogen-bond donors (Lipinski definition) is 2. The summed E-state index contributed by atoms with van der Waals surface area (Å²) < 4.78 is 7.87. The van der Waals surface area contributed by atoms with E-state index in [2.05, 4.69) is 19.9 Å². The molecule has 8 nitrogen and oxygen atoms in total. The van der Waals surface area contributed by atoms with Crippen molar-refractivity contribution in [2.45, 2.75) is 6.61 Å². The maximum Gasteiger partial charge on any atom is 0.150 e. The van der Waals surface area contributed by atoms with E-state index in [1.807, 2.05) is 47.2 Å². The van der Waals surface area contributed by atoms with Crippen LogP contribution in [-0.2, 0) is 6.61 Å². The number of rotatable bonds is 4. The Kier molecular flexibility index (Phi) is 3.94. The Balaban J connectivity index is 1.41. The zero-order valence-electron chi connectivity index (χ0n) is 15.4. The molecule has 5 aromatic rings. The summed E-state index contributed by atoms with van der Waals surface area (Å²) in [5, 5.41) is 1.81. The number of anilines is 2. The van der Waals surface area contributed by atoms with Crippen LogP contribution in [0.1, 0.15) is 5.56 Å². The van der Waals surface area contributed by atoms with Crippen molar-refractivity contribution < 1.29 is 4.74 Å². The molecule has 4 N–H and O–H groups in total. The number of hydrogen-bond acceptors (Lipinski definition) is 7. The van der Waals surface area contributed by atoms with E-state index in [1.165, 1.54) is 6.33 Å². The molecule has 0 fully saturated rings. The molecule has 1 aromatic carbocycles. The molecule has 5 rings (SSSR count). The van der Waals surface area contributed by atoms with E-state index < -0.39 is 0 Å². The highest BCUT2D eigenvalue weighted by molar-refractivity contribution is 5.87. The third kappa shape index (κ3) is 3.16. The van der Waals surface area contributed by atoms with Crippen molar-refractivity contribution in [3.05, 3.63) is 72.9 Å². The second-order valence-electron chi connectivity index (χ2n) is 6.61. The molecule has 0 aliphatic carbocycles. The molecule has 8 heteroatoms. The lowest BCUT2D eigenvalue weighted by molar-refractivity contribution is 0.306. The van der Waals surface area contributed by atoms with E-state index in [0.29, 0.717) is 24.0 Å². The van der Waals surface area contributed by atoms with Crippen LogP contribution in [0.25, 0.3) is 27.6 Å². The van der Waals surface area contributed by atoms with E-state index in [0.717, 1.165) is 33.2 Å². The lowest BCUT2D eigenvalue weighted by atomic mass is 10.2. The molecule has 0 aliphatic heterocycles. The first kappa shape index (κ1) is 16.9. The number of nitrogens with two attached hydrogens (primary N) is 2. The topological polar surface area (TPSA) is 118 Å². The molecule has 0 saturated heterocycles. The van der Waals surface area contributed by atoms with Crippen molar-refractivity contribution in [1.29, 1.82) is 0 Å². The van der Waals surface area contributed by atoms with Crippen LogP contribution in [0.15, 0.2) is 67.4 Å². The van der Waals surface area contributed by atoms with Crippen LogP contribution in [-0.4, -0.2) is 24.5 Å². The van der Waals surface area contributed by atoms with Crippen LogP contribution in [0.3, 0.4) is 0 Å². The molecule has 0 atom stereocenters. The lowest BCUT2D eigenvalue weighted by Crippen LogP contribution is -2.01. The van der Waals surface area contributed by atoms with Gasteiger partial charge in [-0.05, 0) is 36.4 Å². The summed E-state index contributed by atoms with van der Waals surface area (Å²) in [6.45, 7) is 0.366. The van der Waals surface area contributed by atoms with Crippen molar-refractivity contribution in [3.8, 4) is 11.4 Å². The summed E-state index contributed by atoms with van der Waals surface area (Å²) in [7, 11) is 0. The Morgan fingerprint density at radius 1 is 0.966 bits per heavy atom. The van der Waals surface area contributed by atoms with Gasteiger partial charge in [-0.1, -0.05) is 0 Å². The van der Waals surface area contributed by atoms with Crippen molar-refractivity contribution in [2.24, 2.45) is 0 Å². The van der Waals surface area contributed by atoms with Crippen LogP contribution in [0, 0.1) is 0 Å². The maximum atomic E-state index is 5.94. The Hall–Kier alpha value is -4.20.